The number of aryl methyl sites for hydroxylation is 2. The van der Waals surface area contributed by atoms with Crippen molar-refractivity contribution in [3.05, 3.63) is 29.3 Å². The molecule has 1 saturated heterocycles. The van der Waals surface area contributed by atoms with Gasteiger partial charge in [-0.3, -0.25) is 0 Å². The number of nitrogens with one attached hydrogen (secondary N) is 1. The summed E-state index contributed by atoms with van der Waals surface area (Å²) in [6, 6.07) is 6.23. The minimum absolute atomic E-state index is 0.0899. The largest absolute Gasteiger partial charge is 0.324 e. The Morgan fingerprint density at radius 3 is 2.38 bits per heavy atom. The van der Waals surface area contributed by atoms with Crippen molar-refractivity contribution in [3.63, 3.8) is 0 Å². The quantitative estimate of drug-likeness (QED) is 0.835. The number of hydrogen-bond acceptors (Lipinski definition) is 1. The number of urea groups is 1. The highest BCUT2D eigenvalue weighted by atomic mass is 16.2. The molecule has 2 bridgehead atoms. The molecule has 1 N–H and O–H groups in total. The number of hydrogen-bond donors (Lipinski definition) is 1. The first-order chi connectivity index (χ1) is 10.1. The normalized spacial score (nSPS) is 33.3. The summed E-state index contributed by atoms with van der Waals surface area (Å²) >= 11 is 0. The molecule has 1 aromatic carbocycles. The molecule has 2 aliphatic carbocycles. The number of benzene rings is 1. The minimum atomic E-state index is 0.0899. The third-order valence-corrected chi connectivity index (χ3v) is 6.18. The van der Waals surface area contributed by atoms with Crippen molar-refractivity contribution in [2.75, 3.05) is 18.4 Å². The summed E-state index contributed by atoms with van der Waals surface area (Å²) in [6.45, 7) is 6.13. The van der Waals surface area contributed by atoms with Gasteiger partial charge in [0.05, 0.1) is 0 Å². The minimum Gasteiger partial charge on any atom is -0.324 e. The molecule has 3 nitrogen and oxygen atoms in total. The van der Waals surface area contributed by atoms with Gasteiger partial charge in [0, 0.05) is 18.8 Å². The van der Waals surface area contributed by atoms with Gasteiger partial charge in [0.2, 0.25) is 0 Å². The summed E-state index contributed by atoms with van der Waals surface area (Å²) in [7, 11) is 0. The molecular weight excluding hydrogens is 260 g/mol. The van der Waals surface area contributed by atoms with Crippen molar-refractivity contribution in [3.8, 4) is 0 Å². The smallest absolute Gasteiger partial charge is 0.321 e. The Morgan fingerprint density at radius 1 is 1.10 bits per heavy atom. The van der Waals surface area contributed by atoms with Crippen molar-refractivity contribution >= 4 is 11.7 Å². The maximum Gasteiger partial charge on any atom is 0.321 e. The zero-order valence-corrected chi connectivity index (χ0v) is 12.9. The van der Waals surface area contributed by atoms with Crippen LogP contribution in [0.25, 0.3) is 0 Å². The Hall–Kier alpha value is -1.51. The van der Waals surface area contributed by atoms with E-state index in [-0.39, 0.29) is 6.03 Å². The second kappa shape index (κ2) is 4.75. The molecule has 3 heteroatoms. The van der Waals surface area contributed by atoms with Gasteiger partial charge in [-0.15, -0.1) is 0 Å². The summed E-state index contributed by atoms with van der Waals surface area (Å²) in [6.07, 6.45) is 4.23. The van der Waals surface area contributed by atoms with Crippen LogP contribution in [0.4, 0.5) is 10.5 Å². The van der Waals surface area contributed by atoms with Gasteiger partial charge < -0.3 is 10.2 Å². The van der Waals surface area contributed by atoms with Crippen LogP contribution in [0.5, 0.6) is 0 Å². The van der Waals surface area contributed by atoms with E-state index in [1.165, 1.54) is 30.4 Å². The predicted molar refractivity (Wildman–Crippen MR) is 84.3 cm³/mol. The summed E-state index contributed by atoms with van der Waals surface area (Å²) in [5.74, 6) is 3.38. The molecule has 1 aromatic rings. The number of carbonyl (C=O) groups is 1. The highest BCUT2D eigenvalue weighted by Crippen LogP contribution is 2.55. The lowest BCUT2D eigenvalue weighted by Gasteiger charge is -2.22. The molecule has 4 atom stereocenters. The molecule has 1 aliphatic heterocycles. The van der Waals surface area contributed by atoms with Gasteiger partial charge in [0.1, 0.15) is 0 Å². The third-order valence-electron chi connectivity index (χ3n) is 6.18. The van der Waals surface area contributed by atoms with E-state index in [2.05, 4.69) is 36.2 Å². The lowest BCUT2D eigenvalue weighted by molar-refractivity contribution is 0.217. The monoisotopic (exact) mass is 284 g/mol. The molecule has 3 fully saturated rings. The van der Waals surface area contributed by atoms with Gasteiger partial charge in [0.25, 0.3) is 0 Å². The molecule has 1 heterocycles. The van der Waals surface area contributed by atoms with Crippen LogP contribution in [0.2, 0.25) is 0 Å². The van der Waals surface area contributed by atoms with E-state index in [9.17, 15) is 4.79 Å². The molecule has 0 aromatic heterocycles. The van der Waals surface area contributed by atoms with Crippen molar-refractivity contribution in [2.45, 2.75) is 33.1 Å². The Morgan fingerprint density at radius 2 is 1.76 bits per heavy atom. The molecule has 0 unspecified atom stereocenters. The van der Waals surface area contributed by atoms with Crippen LogP contribution >= 0.6 is 0 Å². The standard InChI is InChI=1S/C18H24N2O/c1-11-3-6-15(7-12(11)2)19-18(21)20-9-16-13-4-5-14(8-13)17(16)10-20/h3,6-7,13-14,16-17H,4-5,8-10H2,1-2H3,(H,19,21)/t13-,14+,16-,17+. The molecule has 0 radical (unpaired) electrons. The van der Waals surface area contributed by atoms with E-state index in [1.807, 2.05) is 6.07 Å². The summed E-state index contributed by atoms with van der Waals surface area (Å²) < 4.78 is 0. The molecule has 2 saturated carbocycles. The maximum atomic E-state index is 12.5. The van der Waals surface area contributed by atoms with Crippen molar-refractivity contribution in [2.24, 2.45) is 23.7 Å². The average Bonchev–Trinajstić information content (AvgIpc) is 3.13. The maximum absolute atomic E-state index is 12.5. The van der Waals surface area contributed by atoms with Crippen LogP contribution in [-0.2, 0) is 0 Å². The fourth-order valence-corrected chi connectivity index (χ4v) is 4.87. The van der Waals surface area contributed by atoms with Gasteiger partial charge in [-0.2, -0.15) is 0 Å². The van der Waals surface area contributed by atoms with Crippen LogP contribution in [0.15, 0.2) is 18.2 Å². The molecule has 3 aliphatic rings. The number of fused-ring (bicyclic) bond motifs is 5. The fraction of sp³-hybridized carbons (Fsp3) is 0.611. The third kappa shape index (κ3) is 2.14. The van der Waals surface area contributed by atoms with Gasteiger partial charge in [-0.25, -0.2) is 4.79 Å². The summed E-state index contributed by atoms with van der Waals surface area (Å²) in [4.78, 5) is 14.5. The Bertz CT molecular complexity index is 565. The summed E-state index contributed by atoms with van der Waals surface area (Å²) in [5, 5.41) is 3.08. The van der Waals surface area contributed by atoms with Crippen molar-refractivity contribution < 1.29 is 4.79 Å². The Labute approximate surface area is 126 Å². The number of nitrogens with zero attached hydrogens (tertiary/aromatic N) is 1. The van der Waals surface area contributed by atoms with Gasteiger partial charge in [-0.1, -0.05) is 6.07 Å². The fourth-order valence-electron chi connectivity index (χ4n) is 4.87. The Kier molecular flexibility index (Phi) is 2.98. The van der Waals surface area contributed by atoms with E-state index in [0.29, 0.717) is 0 Å². The number of rotatable bonds is 1. The highest BCUT2D eigenvalue weighted by molar-refractivity contribution is 5.89. The van der Waals surface area contributed by atoms with Crippen molar-refractivity contribution in [1.82, 2.24) is 4.90 Å². The number of amides is 2. The topological polar surface area (TPSA) is 32.3 Å². The molecule has 4 rings (SSSR count). The molecule has 112 valence electrons. The van der Waals surface area contributed by atoms with E-state index < -0.39 is 0 Å². The zero-order chi connectivity index (χ0) is 14.6. The Balaban J connectivity index is 1.43. The highest BCUT2D eigenvalue weighted by Gasteiger charge is 2.52. The van der Waals surface area contributed by atoms with Crippen LogP contribution in [0.1, 0.15) is 30.4 Å². The molecule has 21 heavy (non-hydrogen) atoms. The van der Waals surface area contributed by atoms with Gasteiger partial charge in [0.15, 0.2) is 0 Å². The van der Waals surface area contributed by atoms with E-state index in [4.69, 9.17) is 0 Å². The first kappa shape index (κ1) is 13.2. The second-order valence-electron chi connectivity index (χ2n) is 7.30. The van der Waals surface area contributed by atoms with Gasteiger partial charge >= 0.3 is 6.03 Å². The van der Waals surface area contributed by atoms with E-state index in [0.717, 1.165) is 42.4 Å². The predicted octanol–water partition coefficient (Wildman–Crippen LogP) is 3.81. The molecule has 0 spiro atoms. The van der Waals surface area contributed by atoms with Crippen molar-refractivity contribution in [1.29, 1.82) is 0 Å². The first-order valence-corrected chi connectivity index (χ1v) is 8.25. The van der Waals surface area contributed by atoms with Gasteiger partial charge in [-0.05, 0) is 80.0 Å². The number of anilines is 1. The van der Waals surface area contributed by atoms with E-state index >= 15 is 0 Å². The van der Waals surface area contributed by atoms with Crippen LogP contribution < -0.4 is 5.32 Å². The molecule has 2 amide bonds. The lowest BCUT2D eigenvalue weighted by Crippen LogP contribution is -2.34. The SMILES string of the molecule is Cc1ccc(NC(=O)N2C[C@@H]3[C@@H]4CC[C@@H](C4)[C@@H]3C2)cc1C. The lowest BCUT2D eigenvalue weighted by atomic mass is 9.82. The molecular formula is C18H24N2O. The van der Waals surface area contributed by atoms with E-state index in [1.54, 1.807) is 0 Å². The average molecular weight is 284 g/mol. The van der Waals surface area contributed by atoms with Crippen LogP contribution in [-0.4, -0.2) is 24.0 Å². The first-order valence-electron chi connectivity index (χ1n) is 8.25. The number of carbonyl (C=O) groups excluding carboxylic acids is 1. The summed E-state index contributed by atoms with van der Waals surface area (Å²) in [5.41, 5.74) is 3.41. The number of likely N-dealkylation sites (tertiary alicyclic amines) is 1. The zero-order valence-electron chi connectivity index (χ0n) is 12.9. The van der Waals surface area contributed by atoms with Crippen LogP contribution in [0.3, 0.4) is 0 Å². The van der Waals surface area contributed by atoms with Crippen LogP contribution in [0, 0.1) is 37.5 Å². The second-order valence-corrected chi connectivity index (χ2v) is 7.30.